The predicted octanol–water partition coefficient (Wildman–Crippen LogP) is 1.89. The molecule has 5 heteroatoms. The zero-order chi connectivity index (χ0) is 17.0. The molecule has 2 saturated heterocycles. The van der Waals surface area contributed by atoms with Gasteiger partial charge >= 0.3 is 0 Å². The van der Waals surface area contributed by atoms with Crippen LogP contribution in [0.1, 0.15) is 47.3 Å². The summed E-state index contributed by atoms with van der Waals surface area (Å²) in [6.07, 6.45) is 4.81. The molecule has 1 atom stereocenters. The van der Waals surface area contributed by atoms with Gasteiger partial charge in [-0.2, -0.15) is 5.26 Å². The Kier molecular flexibility index (Phi) is 4.89. The maximum Gasteiger partial charge on any atom is 0.264 e. The molecule has 0 spiro atoms. The maximum absolute atomic E-state index is 12.6. The third kappa shape index (κ3) is 3.95. The Morgan fingerprint density at radius 2 is 2.00 bits per heavy atom. The van der Waals surface area contributed by atoms with E-state index in [0.717, 1.165) is 25.9 Å². The molecule has 0 N–H and O–H groups in total. The van der Waals surface area contributed by atoms with Gasteiger partial charge in [-0.1, -0.05) is 6.42 Å². The minimum atomic E-state index is -0.588. The van der Waals surface area contributed by atoms with E-state index < -0.39 is 12.3 Å². The van der Waals surface area contributed by atoms with Gasteiger partial charge in [0, 0.05) is 19.9 Å². The van der Waals surface area contributed by atoms with Crippen molar-refractivity contribution >= 4 is 11.7 Å². The van der Waals surface area contributed by atoms with Crippen LogP contribution in [-0.4, -0.2) is 53.2 Å². The molecule has 0 aromatic carbocycles. The zero-order valence-corrected chi connectivity index (χ0v) is 13.5. The van der Waals surface area contributed by atoms with Crippen molar-refractivity contribution in [1.29, 1.82) is 5.26 Å². The molecule has 2 heterocycles. The second kappa shape index (κ2) is 7.06. The fourth-order valence-corrected chi connectivity index (χ4v) is 3.10. The summed E-state index contributed by atoms with van der Waals surface area (Å²) in [6, 6.07) is 1.99. The number of amides is 1. The molecule has 120 valence electrons. The van der Waals surface area contributed by atoms with Gasteiger partial charge in [-0.05, 0) is 52.3 Å². The lowest BCUT2D eigenvalue weighted by molar-refractivity contribution is -0.134. The topological polar surface area (TPSA) is 64.4 Å². The van der Waals surface area contributed by atoms with Crippen molar-refractivity contribution in [2.75, 3.05) is 26.2 Å². The van der Waals surface area contributed by atoms with E-state index >= 15 is 0 Å². The lowest BCUT2D eigenvalue weighted by Gasteiger charge is -2.39. The van der Waals surface area contributed by atoms with Crippen LogP contribution in [0.5, 0.6) is 0 Å². The summed E-state index contributed by atoms with van der Waals surface area (Å²) < 4.78 is 7.74. The molecule has 1 amide bonds. The van der Waals surface area contributed by atoms with E-state index in [4.69, 9.17) is 1.37 Å². The SMILES string of the molecule is [2H]C1CC(=O)CN(C(=O)C(C#N)=CC(C)(C)N2CCCCC2)C1. The highest BCUT2D eigenvalue weighted by Gasteiger charge is 2.30. The van der Waals surface area contributed by atoms with Crippen LogP contribution in [-0.2, 0) is 9.59 Å². The first-order chi connectivity index (χ1) is 10.8. The number of rotatable bonds is 3. The normalized spacial score (nSPS) is 25.6. The molecule has 2 fully saturated rings. The molecule has 0 aromatic heterocycles. The number of Topliss-reactive ketones (excluding diaryl/α,β-unsaturated/α-hetero) is 1. The summed E-state index contributed by atoms with van der Waals surface area (Å²) in [5.74, 6) is -0.542. The number of piperidine rings is 2. The molecule has 0 aromatic rings. The summed E-state index contributed by atoms with van der Waals surface area (Å²) in [5, 5.41) is 9.40. The average Bonchev–Trinajstić information content (AvgIpc) is 2.52. The first-order valence-electron chi connectivity index (χ1n) is 8.52. The van der Waals surface area contributed by atoms with E-state index in [2.05, 4.69) is 4.90 Å². The van der Waals surface area contributed by atoms with Crippen LogP contribution < -0.4 is 0 Å². The van der Waals surface area contributed by atoms with Crippen molar-refractivity contribution in [2.45, 2.75) is 51.5 Å². The number of ketones is 1. The highest BCUT2D eigenvalue weighted by atomic mass is 16.2. The van der Waals surface area contributed by atoms with Crippen LogP contribution in [0.2, 0.25) is 0 Å². The molecule has 0 saturated carbocycles. The Bertz CT molecular complexity index is 545. The van der Waals surface area contributed by atoms with Crippen molar-refractivity contribution in [3.8, 4) is 6.07 Å². The number of likely N-dealkylation sites (tertiary alicyclic amines) is 2. The standard InChI is InChI=1S/C17H25N3O2/c1-17(2,20-9-4-3-5-10-20)11-14(12-18)16(22)19-8-6-7-15(21)13-19/h11H,3-10,13H2,1-2H3/i6D. The summed E-state index contributed by atoms with van der Waals surface area (Å²) in [4.78, 5) is 27.8. The van der Waals surface area contributed by atoms with Gasteiger partial charge in [-0.25, -0.2) is 0 Å². The first-order valence-corrected chi connectivity index (χ1v) is 7.94. The summed E-state index contributed by atoms with van der Waals surface area (Å²) in [5.41, 5.74) is -0.302. The third-order valence-corrected chi connectivity index (χ3v) is 4.40. The molecule has 0 radical (unpaired) electrons. The molecular formula is C17H25N3O2. The van der Waals surface area contributed by atoms with Crippen molar-refractivity contribution < 1.29 is 11.0 Å². The number of hydrogen-bond donors (Lipinski definition) is 0. The maximum atomic E-state index is 12.6. The van der Waals surface area contributed by atoms with Gasteiger partial charge in [0.05, 0.1) is 6.54 Å². The highest BCUT2D eigenvalue weighted by Crippen LogP contribution is 2.23. The largest absolute Gasteiger partial charge is 0.331 e. The van der Waals surface area contributed by atoms with Crippen LogP contribution in [0.4, 0.5) is 0 Å². The fraction of sp³-hybridized carbons (Fsp3) is 0.706. The molecule has 5 nitrogen and oxygen atoms in total. The summed E-state index contributed by atoms with van der Waals surface area (Å²) in [6.45, 7) is 6.18. The van der Waals surface area contributed by atoms with E-state index in [1.807, 2.05) is 19.9 Å². The van der Waals surface area contributed by atoms with E-state index in [1.165, 1.54) is 11.3 Å². The van der Waals surface area contributed by atoms with E-state index in [1.54, 1.807) is 6.08 Å². The molecular weight excluding hydrogens is 278 g/mol. The monoisotopic (exact) mass is 304 g/mol. The average molecular weight is 304 g/mol. The predicted molar refractivity (Wildman–Crippen MR) is 84.0 cm³/mol. The quantitative estimate of drug-likeness (QED) is 0.590. The van der Waals surface area contributed by atoms with Crippen molar-refractivity contribution in [1.82, 2.24) is 9.80 Å². The van der Waals surface area contributed by atoms with Crippen LogP contribution in [0, 0.1) is 11.3 Å². The van der Waals surface area contributed by atoms with Gasteiger partial charge in [0.15, 0.2) is 5.78 Å². The van der Waals surface area contributed by atoms with Crippen LogP contribution in [0.25, 0.3) is 0 Å². The van der Waals surface area contributed by atoms with Crippen molar-refractivity contribution in [3.05, 3.63) is 11.6 Å². The van der Waals surface area contributed by atoms with Crippen molar-refractivity contribution in [2.24, 2.45) is 0 Å². The third-order valence-electron chi connectivity index (χ3n) is 4.40. The minimum Gasteiger partial charge on any atom is -0.331 e. The van der Waals surface area contributed by atoms with Crippen LogP contribution in [0.3, 0.4) is 0 Å². The second-order valence-corrected chi connectivity index (χ2v) is 6.59. The summed E-state index contributed by atoms with van der Waals surface area (Å²) in [7, 11) is 0. The van der Waals surface area contributed by atoms with E-state index in [9.17, 15) is 14.9 Å². The molecule has 0 bridgehead atoms. The molecule has 2 aliphatic heterocycles. The Hall–Kier alpha value is -1.67. The lowest BCUT2D eigenvalue weighted by atomic mass is 9.95. The van der Waals surface area contributed by atoms with Crippen LogP contribution in [0.15, 0.2) is 11.6 Å². The van der Waals surface area contributed by atoms with Gasteiger partial charge in [-0.3, -0.25) is 14.5 Å². The number of carbonyl (C=O) groups is 2. The lowest BCUT2D eigenvalue weighted by Crippen LogP contribution is -2.46. The zero-order valence-electron chi connectivity index (χ0n) is 14.5. The second-order valence-electron chi connectivity index (χ2n) is 6.59. The number of carbonyl (C=O) groups excluding carboxylic acids is 2. The summed E-state index contributed by atoms with van der Waals surface area (Å²) >= 11 is 0. The van der Waals surface area contributed by atoms with Gasteiger partial charge in [0.25, 0.3) is 5.91 Å². The molecule has 2 aliphatic rings. The molecule has 1 unspecified atom stereocenters. The number of hydrogen-bond acceptors (Lipinski definition) is 4. The van der Waals surface area contributed by atoms with E-state index in [0.29, 0.717) is 0 Å². The number of nitrogens with zero attached hydrogens (tertiary/aromatic N) is 3. The van der Waals surface area contributed by atoms with Gasteiger partial charge < -0.3 is 4.90 Å². The molecule has 2 rings (SSSR count). The Morgan fingerprint density at radius 3 is 2.59 bits per heavy atom. The number of nitriles is 1. The minimum absolute atomic E-state index is 0.0113. The van der Waals surface area contributed by atoms with Crippen molar-refractivity contribution in [3.63, 3.8) is 0 Å². The van der Waals surface area contributed by atoms with E-state index in [-0.39, 0.29) is 36.4 Å². The Morgan fingerprint density at radius 1 is 1.32 bits per heavy atom. The van der Waals surface area contributed by atoms with Gasteiger partial charge in [0.1, 0.15) is 11.6 Å². The molecule has 22 heavy (non-hydrogen) atoms. The van der Waals surface area contributed by atoms with Gasteiger partial charge in [-0.15, -0.1) is 0 Å². The molecule has 0 aliphatic carbocycles. The smallest absolute Gasteiger partial charge is 0.264 e. The first kappa shape index (κ1) is 15.2. The highest BCUT2D eigenvalue weighted by molar-refractivity contribution is 5.99. The fourth-order valence-electron chi connectivity index (χ4n) is 3.10. The van der Waals surface area contributed by atoms with Gasteiger partial charge in [0.2, 0.25) is 0 Å². The van der Waals surface area contributed by atoms with Crippen LogP contribution >= 0.6 is 0 Å². The Balaban J connectivity index is 2.15. The Labute approximate surface area is 134 Å².